The van der Waals surface area contributed by atoms with E-state index in [0.717, 1.165) is 43.8 Å². The lowest BCUT2D eigenvalue weighted by Gasteiger charge is -2.37. The first-order valence-corrected chi connectivity index (χ1v) is 25.0. The van der Waals surface area contributed by atoms with Crippen LogP contribution in [0, 0.1) is 41.4 Å². The van der Waals surface area contributed by atoms with Crippen LogP contribution in [0.2, 0.25) is 0 Å². The van der Waals surface area contributed by atoms with E-state index in [4.69, 9.17) is 23.1 Å². The van der Waals surface area contributed by atoms with Gasteiger partial charge in [-0.05, 0) is 101 Å². The van der Waals surface area contributed by atoms with Crippen LogP contribution in [0.5, 0.6) is 0 Å². The molecule has 66 heavy (non-hydrogen) atoms. The third kappa shape index (κ3) is 8.69. The highest BCUT2D eigenvalue weighted by Crippen LogP contribution is 2.49. The van der Waals surface area contributed by atoms with Crippen molar-refractivity contribution in [2.24, 2.45) is 51.4 Å². The predicted molar refractivity (Wildman–Crippen MR) is 288 cm³/mol. The number of dihydropyridines is 2. The summed E-state index contributed by atoms with van der Waals surface area (Å²) in [5.41, 5.74) is 16.3. The first-order valence-electron chi connectivity index (χ1n) is 24.2. The van der Waals surface area contributed by atoms with E-state index in [1.165, 1.54) is 81.6 Å². The van der Waals surface area contributed by atoms with Gasteiger partial charge < -0.3 is 5.32 Å². The van der Waals surface area contributed by atoms with Gasteiger partial charge in [0.05, 0.1) is 11.8 Å². The number of aliphatic imine (C=N–C) groups is 2. The molecule has 334 valence electrons. The Hall–Kier alpha value is -6.10. The van der Waals surface area contributed by atoms with Crippen molar-refractivity contribution in [2.75, 3.05) is 13.1 Å². The Balaban J connectivity index is 0.871. The highest BCUT2D eigenvalue weighted by molar-refractivity contribution is 7.26. The van der Waals surface area contributed by atoms with Crippen LogP contribution < -0.4 is 5.32 Å². The summed E-state index contributed by atoms with van der Waals surface area (Å²) in [5.74, 6) is 1.97. The van der Waals surface area contributed by atoms with Gasteiger partial charge in [-0.1, -0.05) is 162 Å². The van der Waals surface area contributed by atoms with Gasteiger partial charge in [-0.2, -0.15) is 0 Å². The molecular weight excluding hydrogens is 819 g/mol. The molecule has 3 aliphatic heterocycles. The third-order valence-corrected chi connectivity index (χ3v) is 15.9. The number of thiophene rings is 1. The van der Waals surface area contributed by atoms with E-state index < -0.39 is 0 Å². The number of hydrogen-bond donors (Lipinski definition) is 1. The van der Waals surface area contributed by atoms with Crippen LogP contribution >= 0.6 is 11.3 Å². The molecule has 0 bridgehead atoms. The van der Waals surface area contributed by atoms with Crippen molar-refractivity contribution in [1.82, 2.24) is 5.32 Å². The first-order chi connectivity index (χ1) is 32.1. The number of nitrogens with zero attached hydrogens (tertiary/aromatic N) is 2. The standard InChI is InChI=1S/C62H65N3S/c1-10-14-17-51-42(9)65-61(55-29-28-54-53-18-15-16-19-58(53)66-62(54)60(51)55)41(8)39(6)32-40(7)49-33-45(12-3)59-48(35-49)25-24-46-34-47(26-27-52(46)59)56-30-22-43(36-63-56)20-21-44-23-31-57(64-37-44)50(13-4)38(5)11-2/h11,13-31,33-35,38-39,43-44,50,52,59,61,65H,2,4,7-8,10,12,32,36-37H2,1,3,5-6,9H3/b17-14-,21-20-/t38-,39+,43?,44?,50?,52?,59?,61?/m1/s1. The number of hydrogen-bond acceptors (Lipinski definition) is 4. The van der Waals surface area contributed by atoms with E-state index >= 15 is 0 Å². The Morgan fingerprint density at radius 3 is 2.35 bits per heavy atom. The van der Waals surface area contributed by atoms with Gasteiger partial charge in [0.15, 0.2) is 0 Å². The van der Waals surface area contributed by atoms with Gasteiger partial charge in [0, 0.05) is 85.4 Å². The van der Waals surface area contributed by atoms with Crippen molar-refractivity contribution in [1.29, 1.82) is 0 Å². The summed E-state index contributed by atoms with van der Waals surface area (Å²) >= 11 is 1.91. The largest absolute Gasteiger partial charge is 0.377 e. The topological polar surface area (TPSA) is 36.8 Å². The summed E-state index contributed by atoms with van der Waals surface area (Å²) in [6.45, 7) is 30.3. The first kappa shape index (κ1) is 45.1. The lowest BCUT2D eigenvalue weighted by molar-refractivity contribution is 0.555. The zero-order valence-corrected chi connectivity index (χ0v) is 40.4. The Labute approximate surface area is 398 Å². The Morgan fingerprint density at radius 1 is 0.864 bits per heavy atom. The summed E-state index contributed by atoms with van der Waals surface area (Å²) in [6.07, 6.45) is 41.6. The van der Waals surface area contributed by atoms with Gasteiger partial charge in [-0.3, -0.25) is 9.98 Å². The molecule has 0 spiro atoms. The molecule has 3 aliphatic carbocycles. The zero-order valence-electron chi connectivity index (χ0n) is 39.6. The van der Waals surface area contributed by atoms with Gasteiger partial charge in [0.25, 0.3) is 0 Å². The molecule has 6 aliphatic rings. The molecule has 4 heterocycles. The molecule has 4 heteroatoms. The number of nitrogens with one attached hydrogen (secondary N) is 1. The fraction of sp³-hybridized carbons (Fsp3) is 0.290. The SMILES string of the molecule is C=CC(C1=NCC(/C=C\C2C=CC(C3=CC4=CC=C5C=C(C(=C)C[C@H](C)C(=C)C6NC(C)=C(/C=C\CC)c7c6ccc6c7sc7ccccc76)C=C(CC)C5C4C=C3)=NC2)C=C1)[C@H](C)C=C. The van der Waals surface area contributed by atoms with Gasteiger partial charge in [-0.15, -0.1) is 24.5 Å². The maximum absolute atomic E-state index is 5.07. The molecule has 0 saturated heterocycles. The molecule has 1 aromatic heterocycles. The maximum Gasteiger partial charge on any atom is 0.0731 e. The summed E-state index contributed by atoms with van der Waals surface area (Å²) in [6, 6.07) is 13.5. The van der Waals surface area contributed by atoms with Crippen molar-refractivity contribution in [3.05, 3.63) is 222 Å². The average molecular weight is 884 g/mol. The molecule has 3 nitrogen and oxygen atoms in total. The van der Waals surface area contributed by atoms with Crippen molar-refractivity contribution in [3.63, 3.8) is 0 Å². The summed E-state index contributed by atoms with van der Waals surface area (Å²) in [4.78, 5) is 9.97. The van der Waals surface area contributed by atoms with Crippen LogP contribution in [-0.2, 0) is 0 Å². The molecule has 0 fully saturated rings. The fourth-order valence-electron chi connectivity index (χ4n) is 10.7. The van der Waals surface area contributed by atoms with Crippen molar-refractivity contribution >= 4 is 48.5 Å². The van der Waals surface area contributed by atoms with E-state index in [1.54, 1.807) is 0 Å². The minimum Gasteiger partial charge on any atom is -0.377 e. The van der Waals surface area contributed by atoms with Crippen LogP contribution in [0.1, 0.15) is 71.0 Å². The predicted octanol–water partition coefficient (Wildman–Crippen LogP) is 15.8. The van der Waals surface area contributed by atoms with Crippen LogP contribution in [0.25, 0.3) is 25.7 Å². The van der Waals surface area contributed by atoms with Gasteiger partial charge >= 0.3 is 0 Å². The van der Waals surface area contributed by atoms with Crippen molar-refractivity contribution in [3.8, 4) is 0 Å². The monoisotopic (exact) mass is 883 g/mol. The maximum atomic E-state index is 5.07. The fourth-order valence-corrected chi connectivity index (χ4v) is 12.0. The molecule has 1 N–H and O–H groups in total. The van der Waals surface area contributed by atoms with Crippen molar-refractivity contribution < 1.29 is 0 Å². The minimum absolute atomic E-state index is 0.0217. The lowest BCUT2D eigenvalue weighted by atomic mass is 9.67. The molecule has 0 saturated carbocycles. The molecule has 3 aromatic rings. The van der Waals surface area contributed by atoms with Gasteiger partial charge in [0.1, 0.15) is 0 Å². The van der Waals surface area contributed by atoms with E-state index in [2.05, 4.69) is 181 Å². The Kier molecular flexibility index (Phi) is 13.2. The van der Waals surface area contributed by atoms with Crippen LogP contribution in [0.4, 0.5) is 0 Å². The van der Waals surface area contributed by atoms with Gasteiger partial charge in [-0.25, -0.2) is 0 Å². The minimum atomic E-state index is 0.0217. The highest BCUT2D eigenvalue weighted by Gasteiger charge is 2.35. The molecule has 2 aromatic carbocycles. The summed E-state index contributed by atoms with van der Waals surface area (Å²) in [5, 5.41) is 6.59. The quantitative estimate of drug-likeness (QED) is 0.152. The molecule has 8 atom stereocenters. The normalized spacial score (nSPS) is 24.8. The summed E-state index contributed by atoms with van der Waals surface area (Å²) in [7, 11) is 0. The molecule has 0 amide bonds. The molecule has 9 rings (SSSR count). The number of fused-ring (bicyclic) bond motifs is 8. The van der Waals surface area contributed by atoms with Crippen LogP contribution in [0.3, 0.4) is 0 Å². The van der Waals surface area contributed by atoms with Crippen LogP contribution in [-0.4, -0.2) is 24.5 Å². The molecular formula is C62H65N3S. The summed E-state index contributed by atoms with van der Waals surface area (Å²) < 4.78 is 2.70. The number of allylic oxidation sites excluding steroid dienone is 21. The van der Waals surface area contributed by atoms with E-state index in [1.807, 2.05) is 23.5 Å². The van der Waals surface area contributed by atoms with E-state index in [-0.39, 0.29) is 23.8 Å². The molecule has 6 unspecified atom stereocenters. The second-order valence-electron chi connectivity index (χ2n) is 19.0. The smallest absolute Gasteiger partial charge is 0.0731 e. The average Bonchev–Trinajstić information content (AvgIpc) is 3.74. The second-order valence-corrected chi connectivity index (χ2v) is 20.0. The van der Waals surface area contributed by atoms with E-state index in [0.29, 0.717) is 23.7 Å². The van der Waals surface area contributed by atoms with Gasteiger partial charge in [0.2, 0.25) is 0 Å². The number of benzene rings is 2. The Bertz CT molecular complexity index is 2930. The highest BCUT2D eigenvalue weighted by atomic mass is 32.1. The number of rotatable bonds is 15. The Morgan fingerprint density at radius 2 is 1.64 bits per heavy atom. The van der Waals surface area contributed by atoms with Crippen molar-refractivity contribution in [2.45, 2.75) is 59.9 Å². The lowest BCUT2D eigenvalue weighted by Crippen LogP contribution is -2.29. The zero-order chi connectivity index (χ0) is 46.1. The van der Waals surface area contributed by atoms with E-state index in [9.17, 15) is 0 Å². The van der Waals surface area contributed by atoms with Crippen LogP contribution in [0.15, 0.2) is 221 Å². The third-order valence-electron chi connectivity index (χ3n) is 14.7. The second kappa shape index (κ2) is 19.4. The molecule has 0 radical (unpaired) electrons.